The molecule has 30 heavy (non-hydrogen) atoms. The SMILES string of the molecule is O=C(Cn1c(-c2ccc[nH]2)nc2ccccc21)N(C1CCCCC1)C1CCCCC1. The summed E-state index contributed by atoms with van der Waals surface area (Å²) in [7, 11) is 0. The maximum Gasteiger partial charge on any atom is 0.243 e. The van der Waals surface area contributed by atoms with Crippen molar-refractivity contribution in [2.75, 3.05) is 0 Å². The molecule has 0 radical (unpaired) electrons. The zero-order valence-corrected chi connectivity index (χ0v) is 17.7. The van der Waals surface area contributed by atoms with E-state index in [1.54, 1.807) is 0 Å². The molecule has 2 aromatic heterocycles. The number of benzene rings is 1. The van der Waals surface area contributed by atoms with Crippen LogP contribution in [-0.4, -0.2) is 37.4 Å². The van der Waals surface area contributed by atoms with Crippen molar-refractivity contribution in [3.63, 3.8) is 0 Å². The molecule has 0 aliphatic heterocycles. The lowest BCUT2D eigenvalue weighted by atomic mass is 9.88. The Morgan fingerprint density at radius 1 is 0.933 bits per heavy atom. The first-order valence-corrected chi connectivity index (χ1v) is 11.7. The highest BCUT2D eigenvalue weighted by atomic mass is 16.2. The molecule has 3 aromatic rings. The van der Waals surface area contributed by atoms with Crippen molar-refractivity contribution in [2.45, 2.75) is 82.8 Å². The molecule has 2 saturated carbocycles. The van der Waals surface area contributed by atoms with Crippen LogP contribution >= 0.6 is 0 Å². The quantitative estimate of drug-likeness (QED) is 0.608. The summed E-state index contributed by atoms with van der Waals surface area (Å²) in [5.74, 6) is 1.12. The summed E-state index contributed by atoms with van der Waals surface area (Å²) in [4.78, 5) is 24.3. The number of aromatic nitrogens is 3. The Balaban J connectivity index is 1.49. The van der Waals surface area contributed by atoms with E-state index >= 15 is 0 Å². The van der Waals surface area contributed by atoms with Crippen LogP contribution in [0.15, 0.2) is 42.6 Å². The number of imidazole rings is 1. The molecule has 2 aliphatic carbocycles. The topological polar surface area (TPSA) is 53.9 Å². The lowest BCUT2D eigenvalue weighted by Crippen LogP contribution is -2.50. The molecule has 158 valence electrons. The number of amides is 1. The fourth-order valence-corrected chi connectivity index (χ4v) is 5.55. The molecule has 5 heteroatoms. The van der Waals surface area contributed by atoms with Crippen molar-refractivity contribution in [3.05, 3.63) is 42.6 Å². The van der Waals surface area contributed by atoms with Crippen LogP contribution in [0.2, 0.25) is 0 Å². The fourth-order valence-electron chi connectivity index (χ4n) is 5.55. The largest absolute Gasteiger partial charge is 0.359 e. The van der Waals surface area contributed by atoms with Gasteiger partial charge in [-0.15, -0.1) is 0 Å². The molecular formula is C25H32N4O. The molecule has 0 atom stereocenters. The number of carbonyl (C=O) groups is 1. The first-order chi connectivity index (χ1) is 14.8. The molecule has 5 rings (SSSR count). The Bertz CT molecular complexity index is 960. The average Bonchev–Trinajstić information content (AvgIpc) is 3.44. The van der Waals surface area contributed by atoms with Crippen molar-refractivity contribution in [1.29, 1.82) is 0 Å². The van der Waals surface area contributed by atoms with Gasteiger partial charge in [-0.05, 0) is 49.9 Å². The number of aromatic amines is 1. The molecule has 2 fully saturated rings. The van der Waals surface area contributed by atoms with Gasteiger partial charge in [0.1, 0.15) is 6.54 Å². The van der Waals surface area contributed by atoms with E-state index in [0.29, 0.717) is 18.6 Å². The Hall–Kier alpha value is -2.56. The van der Waals surface area contributed by atoms with E-state index in [9.17, 15) is 4.79 Å². The molecule has 1 amide bonds. The lowest BCUT2D eigenvalue weighted by molar-refractivity contribution is -0.138. The van der Waals surface area contributed by atoms with Gasteiger partial charge in [0.25, 0.3) is 0 Å². The molecule has 2 heterocycles. The van der Waals surface area contributed by atoms with E-state index in [2.05, 4.69) is 20.5 Å². The normalized spacial score (nSPS) is 18.7. The van der Waals surface area contributed by atoms with Crippen LogP contribution in [0.1, 0.15) is 64.2 Å². The Morgan fingerprint density at radius 2 is 1.60 bits per heavy atom. The molecule has 0 spiro atoms. The number of nitrogens with one attached hydrogen (secondary N) is 1. The van der Waals surface area contributed by atoms with Gasteiger partial charge in [-0.25, -0.2) is 4.98 Å². The van der Waals surface area contributed by atoms with Gasteiger partial charge in [0.2, 0.25) is 5.91 Å². The summed E-state index contributed by atoms with van der Waals surface area (Å²) in [5.41, 5.74) is 2.93. The number of hydrogen-bond donors (Lipinski definition) is 1. The van der Waals surface area contributed by atoms with Crippen molar-refractivity contribution >= 4 is 16.9 Å². The minimum Gasteiger partial charge on any atom is -0.359 e. The minimum atomic E-state index is 0.268. The molecule has 1 N–H and O–H groups in total. The van der Waals surface area contributed by atoms with Crippen molar-refractivity contribution in [1.82, 2.24) is 19.4 Å². The number of hydrogen-bond acceptors (Lipinski definition) is 2. The zero-order valence-electron chi connectivity index (χ0n) is 17.7. The third-order valence-electron chi connectivity index (χ3n) is 7.01. The highest BCUT2D eigenvalue weighted by Gasteiger charge is 2.33. The van der Waals surface area contributed by atoms with Crippen LogP contribution in [0.3, 0.4) is 0 Å². The van der Waals surface area contributed by atoms with E-state index in [1.807, 2.05) is 36.5 Å². The van der Waals surface area contributed by atoms with Gasteiger partial charge in [-0.2, -0.15) is 0 Å². The first kappa shape index (κ1) is 19.4. The Morgan fingerprint density at radius 3 is 2.23 bits per heavy atom. The van der Waals surface area contributed by atoms with Crippen LogP contribution in [0.4, 0.5) is 0 Å². The smallest absolute Gasteiger partial charge is 0.243 e. The second-order valence-corrected chi connectivity index (χ2v) is 8.98. The van der Waals surface area contributed by atoms with E-state index in [1.165, 1.54) is 38.5 Å². The van der Waals surface area contributed by atoms with Crippen molar-refractivity contribution in [2.24, 2.45) is 0 Å². The third kappa shape index (κ3) is 3.78. The maximum absolute atomic E-state index is 13.8. The van der Waals surface area contributed by atoms with Crippen LogP contribution < -0.4 is 0 Å². The van der Waals surface area contributed by atoms with Crippen molar-refractivity contribution in [3.8, 4) is 11.5 Å². The van der Waals surface area contributed by atoms with Crippen LogP contribution in [-0.2, 0) is 11.3 Å². The summed E-state index contributed by atoms with van der Waals surface area (Å²) in [5, 5.41) is 0. The average molecular weight is 405 g/mol. The number of para-hydroxylation sites is 2. The highest BCUT2D eigenvalue weighted by Crippen LogP contribution is 2.31. The number of fused-ring (bicyclic) bond motifs is 1. The highest BCUT2D eigenvalue weighted by molar-refractivity contribution is 5.84. The molecule has 0 unspecified atom stereocenters. The van der Waals surface area contributed by atoms with Gasteiger partial charge >= 0.3 is 0 Å². The summed E-state index contributed by atoms with van der Waals surface area (Å²) in [6.07, 6.45) is 14.2. The summed E-state index contributed by atoms with van der Waals surface area (Å²) in [6.45, 7) is 0.363. The first-order valence-electron chi connectivity index (χ1n) is 11.7. The molecule has 0 saturated heterocycles. The molecular weight excluding hydrogens is 372 g/mol. The summed E-state index contributed by atoms with van der Waals surface area (Å²) >= 11 is 0. The number of rotatable bonds is 5. The number of carbonyl (C=O) groups excluding carboxylic acids is 1. The summed E-state index contributed by atoms with van der Waals surface area (Å²) < 4.78 is 2.11. The molecule has 2 aliphatic rings. The van der Waals surface area contributed by atoms with Crippen LogP contribution in [0.25, 0.3) is 22.6 Å². The van der Waals surface area contributed by atoms with E-state index in [4.69, 9.17) is 4.98 Å². The van der Waals surface area contributed by atoms with Crippen molar-refractivity contribution < 1.29 is 4.79 Å². The predicted octanol–water partition coefficient (Wildman–Crippen LogP) is 5.53. The Labute approximate surface area is 178 Å². The fraction of sp³-hybridized carbons (Fsp3) is 0.520. The van der Waals surface area contributed by atoms with E-state index < -0.39 is 0 Å². The molecule has 1 aromatic carbocycles. The van der Waals surface area contributed by atoms with Gasteiger partial charge < -0.3 is 14.5 Å². The monoisotopic (exact) mass is 404 g/mol. The van der Waals surface area contributed by atoms with Crippen LogP contribution in [0.5, 0.6) is 0 Å². The second-order valence-electron chi connectivity index (χ2n) is 8.98. The number of nitrogens with zero attached hydrogens (tertiary/aromatic N) is 3. The predicted molar refractivity (Wildman–Crippen MR) is 120 cm³/mol. The van der Waals surface area contributed by atoms with Gasteiger partial charge in [-0.3, -0.25) is 4.79 Å². The van der Waals surface area contributed by atoms with Gasteiger partial charge in [-0.1, -0.05) is 50.7 Å². The van der Waals surface area contributed by atoms with E-state index in [-0.39, 0.29) is 5.91 Å². The standard InChI is InChI=1S/C25H32N4O/c30-24(29(19-10-3-1-4-11-19)20-12-5-2-6-13-20)18-28-23-16-8-7-14-21(23)27-25(28)22-15-9-17-26-22/h7-9,14-17,19-20,26H,1-6,10-13,18H2. The third-order valence-corrected chi connectivity index (χ3v) is 7.01. The zero-order chi connectivity index (χ0) is 20.3. The Kier molecular flexibility index (Phi) is 5.60. The van der Waals surface area contributed by atoms with Gasteiger partial charge in [0, 0.05) is 18.3 Å². The second kappa shape index (κ2) is 8.66. The lowest BCUT2D eigenvalue weighted by Gasteiger charge is -2.42. The summed E-state index contributed by atoms with van der Waals surface area (Å²) in [6, 6.07) is 13.0. The minimum absolute atomic E-state index is 0.268. The molecule has 0 bridgehead atoms. The number of H-pyrrole nitrogens is 1. The maximum atomic E-state index is 13.8. The molecule has 5 nitrogen and oxygen atoms in total. The van der Waals surface area contributed by atoms with E-state index in [0.717, 1.165) is 48.2 Å². The van der Waals surface area contributed by atoms with Gasteiger partial charge in [0.05, 0.1) is 16.7 Å². The van der Waals surface area contributed by atoms with Gasteiger partial charge in [0.15, 0.2) is 5.82 Å². The van der Waals surface area contributed by atoms with Crippen LogP contribution in [0, 0.1) is 0 Å².